The molecule has 0 saturated heterocycles. The van der Waals surface area contributed by atoms with Crippen LogP contribution in [0.4, 0.5) is 5.69 Å². The minimum absolute atomic E-state index is 0.150. The van der Waals surface area contributed by atoms with Crippen LogP contribution in [0.1, 0.15) is 28.5 Å². The van der Waals surface area contributed by atoms with E-state index in [0.717, 1.165) is 16.8 Å². The molecule has 0 aliphatic carbocycles. The van der Waals surface area contributed by atoms with Gasteiger partial charge in [-0.15, -0.1) is 0 Å². The molecule has 0 aliphatic rings. The minimum Gasteiger partial charge on any atom is -0.324 e. The topological polar surface area (TPSA) is 59.6 Å². The number of fused-ring (bicyclic) bond motifs is 2. The number of pyridine rings is 1. The lowest BCUT2D eigenvalue weighted by Crippen LogP contribution is -2.32. The number of anilines is 1. The van der Waals surface area contributed by atoms with Crippen LogP contribution in [0.15, 0.2) is 53.5 Å². The summed E-state index contributed by atoms with van der Waals surface area (Å²) in [5.74, 6) is -0.150. The summed E-state index contributed by atoms with van der Waals surface area (Å²) < 4.78 is 3.25. The van der Waals surface area contributed by atoms with Gasteiger partial charge in [0.15, 0.2) is 0 Å². The van der Waals surface area contributed by atoms with E-state index in [2.05, 4.69) is 4.98 Å². The summed E-state index contributed by atoms with van der Waals surface area (Å²) in [6, 6.07) is 13.2. The van der Waals surface area contributed by atoms with Crippen molar-refractivity contribution < 1.29 is 4.79 Å². The van der Waals surface area contributed by atoms with Crippen LogP contribution >= 0.6 is 0 Å². The standard InChI is InChI=1S/C22H22N4O2/c1-5-25(17-11-7-6-9-14(17)2)22(28)18-13-16-20(24(18)4)23-19-15(3)10-8-12-26(19)21(16)27/h6-13H,5H2,1-4H3. The highest BCUT2D eigenvalue weighted by atomic mass is 16.2. The van der Waals surface area contributed by atoms with Gasteiger partial charge in [0.2, 0.25) is 0 Å². The molecule has 3 heterocycles. The lowest BCUT2D eigenvalue weighted by Gasteiger charge is -2.23. The van der Waals surface area contributed by atoms with Gasteiger partial charge < -0.3 is 9.47 Å². The number of carbonyl (C=O) groups is 1. The maximum atomic E-state index is 13.4. The van der Waals surface area contributed by atoms with Crippen molar-refractivity contribution in [2.75, 3.05) is 11.4 Å². The number of carbonyl (C=O) groups excluding carboxylic acids is 1. The van der Waals surface area contributed by atoms with Crippen molar-refractivity contribution in [1.29, 1.82) is 0 Å². The maximum absolute atomic E-state index is 13.4. The van der Waals surface area contributed by atoms with E-state index < -0.39 is 0 Å². The number of aromatic nitrogens is 3. The predicted molar refractivity (Wildman–Crippen MR) is 111 cm³/mol. The molecule has 0 unspecified atom stereocenters. The second-order valence-corrected chi connectivity index (χ2v) is 6.96. The Labute approximate surface area is 162 Å². The third-order valence-corrected chi connectivity index (χ3v) is 5.21. The highest BCUT2D eigenvalue weighted by Gasteiger charge is 2.23. The van der Waals surface area contributed by atoms with Gasteiger partial charge in [-0.1, -0.05) is 24.3 Å². The van der Waals surface area contributed by atoms with Gasteiger partial charge in [-0.2, -0.15) is 0 Å². The van der Waals surface area contributed by atoms with Gasteiger partial charge in [0.05, 0.1) is 5.39 Å². The first kappa shape index (κ1) is 18.0. The van der Waals surface area contributed by atoms with Crippen LogP contribution in [0.3, 0.4) is 0 Å². The first-order valence-corrected chi connectivity index (χ1v) is 9.29. The number of aryl methyl sites for hydroxylation is 3. The molecule has 0 atom stereocenters. The fraction of sp³-hybridized carbons (Fsp3) is 0.227. The predicted octanol–water partition coefficient (Wildman–Crippen LogP) is 3.47. The van der Waals surface area contributed by atoms with E-state index in [0.29, 0.717) is 28.9 Å². The van der Waals surface area contributed by atoms with Crippen LogP contribution in [0.2, 0.25) is 0 Å². The Bertz CT molecular complexity index is 1280. The van der Waals surface area contributed by atoms with Gasteiger partial charge in [-0.25, -0.2) is 4.98 Å². The van der Waals surface area contributed by atoms with E-state index in [-0.39, 0.29) is 11.5 Å². The maximum Gasteiger partial charge on any atom is 0.274 e. The van der Waals surface area contributed by atoms with Crippen LogP contribution in [0, 0.1) is 13.8 Å². The van der Waals surface area contributed by atoms with Crippen molar-refractivity contribution in [3.8, 4) is 0 Å². The van der Waals surface area contributed by atoms with E-state index in [4.69, 9.17) is 0 Å². The Morgan fingerprint density at radius 3 is 2.50 bits per heavy atom. The zero-order chi connectivity index (χ0) is 20.0. The number of benzene rings is 1. The zero-order valence-corrected chi connectivity index (χ0v) is 16.4. The molecule has 1 amide bonds. The van der Waals surface area contributed by atoms with Crippen molar-refractivity contribution >= 4 is 28.3 Å². The summed E-state index contributed by atoms with van der Waals surface area (Å²) in [5.41, 5.74) is 4.19. The van der Waals surface area contributed by atoms with Gasteiger partial charge in [-0.05, 0) is 50.1 Å². The molecule has 4 aromatic rings. The molecule has 1 aromatic carbocycles. The average molecular weight is 374 g/mol. The second kappa shape index (κ2) is 6.64. The monoisotopic (exact) mass is 374 g/mol. The van der Waals surface area contributed by atoms with Crippen LogP contribution in [-0.2, 0) is 7.05 Å². The number of amides is 1. The Balaban J connectivity index is 1.93. The molecule has 0 N–H and O–H groups in total. The first-order valence-electron chi connectivity index (χ1n) is 9.29. The normalized spacial score (nSPS) is 11.3. The van der Waals surface area contributed by atoms with E-state index >= 15 is 0 Å². The third-order valence-electron chi connectivity index (χ3n) is 5.21. The number of hydrogen-bond acceptors (Lipinski definition) is 3. The van der Waals surface area contributed by atoms with E-state index in [1.165, 1.54) is 4.40 Å². The lowest BCUT2D eigenvalue weighted by atomic mass is 10.1. The number of nitrogens with zero attached hydrogens (tertiary/aromatic N) is 4. The summed E-state index contributed by atoms with van der Waals surface area (Å²) >= 11 is 0. The van der Waals surface area contributed by atoms with Gasteiger partial charge in [0.25, 0.3) is 11.5 Å². The second-order valence-electron chi connectivity index (χ2n) is 6.96. The third kappa shape index (κ3) is 2.60. The van der Waals surface area contributed by atoms with Crippen LogP contribution in [0.5, 0.6) is 0 Å². The zero-order valence-electron chi connectivity index (χ0n) is 16.4. The molecule has 6 heteroatoms. The smallest absolute Gasteiger partial charge is 0.274 e. The SMILES string of the molecule is CCN(C(=O)c1cc2c(=O)n3cccc(C)c3nc2n1C)c1ccccc1C. The minimum atomic E-state index is -0.169. The molecular formula is C22H22N4O2. The van der Waals surface area contributed by atoms with Crippen molar-refractivity contribution in [3.63, 3.8) is 0 Å². The first-order chi connectivity index (χ1) is 13.4. The number of para-hydroxylation sites is 1. The van der Waals surface area contributed by atoms with E-state index in [9.17, 15) is 9.59 Å². The molecular weight excluding hydrogens is 352 g/mol. The van der Waals surface area contributed by atoms with Crippen molar-refractivity contribution in [2.24, 2.45) is 7.05 Å². The van der Waals surface area contributed by atoms with Gasteiger partial charge >= 0.3 is 0 Å². The molecule has 0 saturated carbocycles. The average Bonchev–Trinajstić information content (AvgIpc) is 3.02. The number of hydrogen-bond donors (Lipinski definition) is 0. The van der Waals surface area contributed by atoms with Gasteiger partial charge in [-0.3, -0.25) is 14.0 Å². The van der Waals surface area contributed by atoms with Crippen molar-refractivity contribution in [3.05, 3.63) is 75.8 Å². The fourth-order valence-electron chi connectivity index (χ4n) is 3.66. The summed E-state index contributed by atoms with van der Waals surface area (Å²) in [5, 5.41) is 0.440. The Kier molecular flexibility index (Phi) is 4.26. The molecule has 28 heavy (non-hydrogen) atoms. The summed E-state index contributed by atoms with van der Waals surface area (Å²) in [7, 11) is 1.78. The van der Waals surface area contributed by atoms with Crippen LogP contribution < -0.4 is 10.5 Å². The summed E-state index contributed by atoms with van der Waals surface area (Å²) in [4.78, 5) is 32.7. The number of rotatable bonds is 3. The quantitative estimate of drug-likeness (QED) is 0.552. The Morgan fingerprint density at radius 2 is 1.79 bits per heavy atom. The van der Waals surface area contributed by atoms with Gasteiger partial charge in [0, 0.05) is 25.5 Å². The van der Waals surface area contributed by atoms with E-state index in [1.807, 2.05) is 57.2 Å². The van der Waals surface area contributed by atoms with E-state index in [1.54, 1.807) is 28.8 Å². The molecule has 4 rings (SSSR count). The highest BCUT2D eigenvalue weighted by molar-refractivity contribution is 6.08. The van der Waals surface area contributed by atoms with Crippen LogP contribution in [-0.4, -0.2) is 26.4 Å². The van der Waals surface area contributed by atoms with Crippen LogP contribution in [0.25, 0.3) is 16.7 Å². The largest absolute Gasteiger partial charge is 0.324 e. The molecule has 6 nitrogen and oxygen atoms in total. The Morgan fingerprint density at radius 1 is 1.07 bits per heavy atom. The highest BCUT2D eigenvalue weighted by Crippen LogP contribution is 2.23. The molecule has 0 spiro atoms. The molecule has 0 bridgehead atoms. The van der Waals surface area contributed by atoms with Crippen molar-refractivity contribution in [2.45, 2.75) is 20.8 Å². The molecule has 0 fully saturated rings. The lowest BCUT2D eigenvalue weighted by molar-refractivity contribution is 0.0980. The molecule has 0 radical (unpaired) electrons. The fourth-order valence-corrected chi connectivity index (χ4v) is 3.66. The summed E-state index contributed by atoms with van der Waals surface area (Å²) in [6.45, 7) is 6.37. The van der Waals surface area contributed by atoms with Crippen molar-refractivity contribution in [1.82, 2.24) is 14.0 Å². The Hall–Kier alpha value is -3.41. The molecule has 0 aliphatic heterocycles. The van der Waals surface area contributed by atoms with Gasteiger partial charge in [0.1, 0.15) is 17.0 Å². The molecule has 3 aromatic heterocycles. The summed E-state index contributed by atoms with van der Waals surface area (Å²) in [6.07, 6.45) is 1.71. The molecule has 142 valence electrons.